The molecule has 1 aliphatic heterocycles. The lowest BCUT2D eigenvalue weighted by Gasteiger charge is -2.28. The zero-order valence-electron chi connectivity index (χ0n) is 36.6. The third kappa shape index (κ3) is 21.9. The summed E-state index contributed by atoms with van der Waals surface area (Å²) in [5.74, 6) is -1.37. The van der Waals surface area contributed by atoms with Crippen molar-refractivity contribution < 1.29 is 38.1 Å². The predicted octanol–water partition coefficient (Wildman–Crippen LogP) is 11.1. The van der Waals surface area contributed by atoms with Gasteiger partial charge in [0.05, 0.1) is 11.3 Å². The number of likely N-dealkylation sites (tertiary alicyclic amines) is 1. The molecule has 0 spiro atoms. The number of carbonyl (C=O) groups excluding carboxylic acids is 4. The molecule has 4 unspecified atom stereocenters. The van der Waals surface area contributed by atoms with Gasteiger partial charge in [0.2, 0.25) is 0 Å². The molecular formula is C47H83NO8. The molecule has 0 aromatic heterocycles. The van der Waals surface area contributed by atoms with Gasteiger partial charge in [0, 0.05) is 31.7 Å². The number of esters is 4. The summed E-state index contributed by atoms with van der Waals surface area (Å²) < 4.78 is 23.3. The van der Waals surface area contributed by atoms with Gasteiger partial charge >= 0.3 is 23.9 Å². The molecule has 56 heavy (non-hydrogen) atoms. The van der Waals surface area contributed by atoms with Gasteiger partial charge in [0.15, 0.2) is 0 Å². The van der Waals surface area contributed by atoms with Gasteiger partial charge in [-0.2, -0.15) is 0 Å². The van der Waals surface area contributed by atoms with Gasteiger partial charge in [-0.15, -0.1) is 0 Å². The summed E-state index contributed by atoms with van der Waals surface area (Å²) in [7, 11) is 2.03. The topological polar surface area (TPSA) is 108 Å². The number of rotatable bonds is 33. The average molecular weight is 790 g/mol. The molecule has 0 bridgehead atoms. The summed E-state index contributed by atoms with van der Waals surface area (Å²) >= 11 is 0. The van der Waals surface area contributed by atoms with Crippen LogP contribution in [0.25, 0.3) is 0 Å². The quantitative estimate of drug-likeness (QED) is 0.0278. The van der Waals surface area contributed by atoms with Crippen LogP contribution in [0.2, 0.25) is 0 Å². The fourth-order valence-electron chi connectivity index (χ4n) is 8.27. The molecule has 4 atom stereocenters. The highest BCUT2D eigenvalue weighted by molar-refractivity contribution is 5.77. The molecule has 2 fully saturated rings. The van der Waals surface area contributed by atoms with E-state index in [4.69, 9.17) is 18.9 Å². The van der Waals surface area contributed by atoms with Gasteiger partial charge in [-0.25, -0.2) is 0 Å². The van der Waals surface area contributed by atoms with E-state index in [9.17, 15) is 19.2 Å². The maximum Gasteiger partial charge on any atom is 0.313 e. The summed E-state index contributed by atoms with van der Waals surface area (Å²) in [4.78, 5) is 54.1. The number of ether oxygens (including phenoxy) is 4. The van der Waals surface area contributed by atoms with E-state index in [1.807, 2.05) is 14.0 Å². The predicted molar refractivity (Wildman–Crippen MR) is 225 cm³/mol. The van der Waals surface area contributed by atoms with E-state index in [1.165, 1.54) is 77.0 Å². The van der Waals surface area contributed by atoms with Crippen molar-refractivity contribution in [1.82, 2.24) is 4.90 Å². The van der Waals surface area contributed by atoms with Gasteiger partial charge in [0.1, 0.15) is 25.9 Å². The molecule has 0 N–H and O–H groups in total. The number of nitrogens with zero attached hydrogens (tertiary/aromatic N) is 1. The zero-order chi connectivity index (χ0) is 40.9. The van der Waals surface area contributed by atoms with Gasteiger partial charge in [0.25, 0.3) is 0 Å². The van der Waals surface area contributed by atoms with Crippen LogP contribution in [-0.4, -0.2) is 74.8 Å². The number of allylic oxidation sites excluding steroid dienone is 2. The number of unbranched alkanes of at least 4 members (excludes halogenated alkanes) is 16. The van der Waals surface area contributed by atoms with Crippen LogP contribution in [0.1, 0.15) is 195 Å². The SMILES string of the molecule is CC/C=C\CC1C(CC(=O)OCC(COC(=O)CCCCCCCCCCC)COC(=O)CCCCCCCCCCC)CCC1OC(=O)C1(C)CCN(C)C1. The summed E-state index contributed by atoms with van der Waals surface area (Å²) in [5.41, 5.74) is -0.501. The van der Waals surface area contributed by atoms with E-state index in [2.05, 4.69) is 37.8 Å². The second-order valence-electron chi connectivity index (χ2n) is 17.4. The number of hydrogen-bond acceptors (Lipinski definition) is 9. The Hall–Kier alpha value is -2.42. The molecule has 0 aromatic carbocycles. The zero-order valence-corrected chi connectivity index (χ0v) is 36.6. The van der Waals surface area contributed by atoms with Gasteiger partial charge in [-0.1, -0.05) is 136 Å². The molecule has 0 aromatic rings. The molecule has 1 heterocycles. The number of carbonyl (C=O) groups is 4. The van der Waals surface area contributed by atoms with E-state index in [0.717, 1.165) is 77.2 Å². The fourth-order valence-corrected chi connectivity index (χ4v) is 8.27. The molecule has 1 saturated carbocycles. The average Bonchev–Trinajstić information content (AvgIpc) is 3.73. The Morgan fingerprint density at radius 1 is 0.661 bits per heavy atom. The first kappa shape index (κ1) is 49.7. The highest BCUT2D eigenvalue weighted by Crippen LogP contribution is 2.41. The van der Waals surface area contributed by atoms with Crippen LogP contribution in [0.15, 0.2) is 12.2 Å². The Morgan fingerprint density at radius 2 is 1.14 bits per heavy atom. The Morgan fingerprint density at radius 3 is 1.61 bits per heavy atom. The Kier molecular flexibility index (Phi) is 27.2. The van der Waals surface area contributed by atoms with Crippen LogP contribution >= 0.6 is 0 Å². The number of hydrogen-bond donors (Lipinski definition) is 0. The normalized spacial score (nSPS) is 21.2. The van der Waals surface area contributed by atoms with Gasteiger partial charge in [-0.05, 0) is 71.4 Å². The maximum atomic E-state index is 13.3. The smallest absolute Gasteiger partial charge is 0.313 e. The van der Waals surface area contributed by atoms with Crippen LogP contribution in [0.3, 0.4) is 0 Å². The minimum atomic E-state index is -0.501. The Balaban J connectivity index is 1.87. The van der Waals surface area contributed by atoms with Crippen LogP contribution < -0.4 is 0 Å². The molecular weight excluding hydrogens is 707 g/mol. The second kappa shape index (κ2) is 30.6. The highest BCUT2D eigenvalue weighted by Gasteiger charge is 2.45. The van der Waals surface area contributed by atoms with Gasteiger partial charge in [-0.3, -0.25) is 19.2 Å². The molecule has 9 nitrogen and oxygen atoms in total. The van der Waals surface area contributed by atoms with Crippen molar-refractivity contribution >= 4 is 23.9 Å². The van der Waals surface area contributed by atoms with E-state index in [1.54, 1.807) is 0 Å². The third-order valence-corrected chi connectivity index (χ3v) is 12.0. The molecule has 0 radical (unpaired) electrons. The van der Waals surface area contributed by atoms with Crippen LogP contribution in [-0.2, 0) is 38.1 Å². The maximum absolute atomic E-state index is 13.3. The standard InChI is InChI=1S/C47H83NO8/c1-6-9-12-14-16-18-20-22-25-28-43(49)53-35-39(36-54-44(50)29-26-23-21-19-17-15-13-10-7-2)37-55-45(51)34-40-30-31-42(41(40)27-24-11-8-3)56-46(52)47(4)32-33-48(5)38-47/h11,24,39-42H,6-10,12-23,25-38H2,1-5H3/b24-11-. The highest BCUT2D eigenvalue weighted by atomic mass is 16.6. The lowest BCUT2D eigenvalue weighted by molar-refractivity contribution is -0.162. The molecule has 324 valence electrons. The van der Waals surface area contributed by atoms with E-state index < -0.39 is 11.3 Å². The summed E-state index contributed by atoms with van der Waals surface area (Å²) in [6.45, 7) is 10.2. The van der Waals surface area contributed by atoms with E-state index in [0.29, 0.717) is 19.4 Å². The van der Waals surface area contributed by atoms with Crippen LogP contribution in [0, 0.1) is 23.2 Å². The summed E-state index contributed by atoms with van der Waals surface area (Å²) in [6, 6.07) is 0. The van der Waals surface area contributed by atoms with Crippen molar-refractivity contribution in [3.8, 4) is 0 Å². The lowest BCUT2D eigenvalue weighted by Crippen LogP contribution is -2.36. The first-order valence-electron chi connectivity index (χ1n) is 23.1. The third-order valence-electron chi connectivity index (χ3n) is 12.0. The lowest BCUT2D eigenvalue weighted by atomic mass is 9.87. The first-order valence-corrected chi connectivity index (χ1v) is 23.1. The van der Waals surface area contributed by atoms with Crippen LogP contribution in [0.5, 0.6) is 0 Å². The Labute approximate surface area is 342 Å². The Bertz CT molecular complexity index is 1070. The largest absolute Gasteiger partial charge is 0.465 e. The molecule has 1 saturated heterocycles. The van der Waals surface area contributed by atoms with Crippen molar-refractivity contribution in [1.29, 1.82) is 0 Å². The van der Waals surface area contributed by atoms with Crippen molar-refractivity contribution in [3.63, 3.8) is 0 Å². The molecule has 2 aliphatic rings. The van der Waals surface area contributed by atoms with Crippen molar-refractivity contribution in [2.45, 2.75) is 201 Å². The summed E-state index contributed by atoms with van der Waals surface area (Å²) in [5, 5.41) is 0. The van der Waals surface area contributed by atoms with E-state index >= 15 is 0 Å². The van der Waals surface area contributed by atoms with Crippen molar-refractivity contribution in [3.05, 3.63) is 12.2 Å². The molecule has 9 heteroatoms. The van der Waals surface area contributed by atoms with Crippen LogP contribution in [0.4, 0.5) is 0 Å². The van der Waals surface area contributed by atoms with Crippen molar-refractivity contribution in [2.75, 3.05) is 40.0 Å². The molecule has 2 rings (SSSR count). The minimum absolute atomic E-state index is 0.00681. The van der Waals surface area contributed by atoms with Crippen molar-refractivity contribution in [2.24, 2.45) is 23.2 Å². The molecule has 1 aliphatic carbocycles. The monoisotopic (exact) mass is 790 g/mol. The fraction of sp³-hybridized carbons (Fsp3) is 0.872. The molecule has 0 amide bonds. The second-order valence-corrected chi connectivity index (χ2v) is 17.4. The van der Waals surface area contributed by atoms with E-state index in [-0.39, 0.29) is 68.1 Å². The van der Waals surface area contributed by atoms with Gasteiger partial charge < -0.3 is 23.8 Å². The summed E-state index contributed by atoms with van der Waals surface area (Å²) in [6.07, 6.45) is 30.0. The first-order chi connectivity index (χ1) is 27.1. The minimum Gasteiger partial charge on any atom is -0.465 e.